The Hall–Kier alpha value is -3.65. The molecule has 4 rings (SSSR count). The van der Waals surface area contributed by atoms with Crippen LogP contribution in [0, 0.1) is 0 Å². The lowest BCUT2D eigenvalue weighted by molar-refractivity contribution is 0.0590. The number of rotatable bonds is 7. The van der Waals surface area contributed by atoms with Crippen molar-refractivity contribution < 1.29 is 23.5 Å². The Labute approximate surface area is 186 Å². The molecule has 0 saturated carbocycles. The molecule has 3 aromatic rings. The number of pyridine rings is 1. The second kappa shape index (κ2) is 10.1. The minimum Gasteiger partial charge on any atom is -0.486 e. The topological polar surface area (TPSA) is 85.1 Å². The van der Waals surface area contributed by atoms with Gasteiger partial charge in [-0.25, -0.2) is 4.79 Å². The maximum atomic E-state index is 12.8. The van der Waals surface area contributed by atoms with Gasteiger partial charge in [0, 0.05) is 45.1 Å². The maximum absolute atomic E-state index is 12.8. The fraction of sp³-hybridized carbons (Fsp3) is 0.292. The van der Waals surface area contributed by atoms with E-state index in [1.54, 1.807) is 42.6 Å². The number of hydrogen-bond donors (Lipinski definition) is 0. The predicted molar refractivity (Wildman–Crippen MR) is 116 cm³/mol. The number of ether oxygens (including phenoxy) is 2. The number of benzene rings is 1. The van der Waals surface area contributed by atoms with Crippen LogP contribution in [-0.2, 0) is 17.9 Å². The largest absolute Gasteiger partial charge is 0.486 e. The Morgan fingerprint density at radius 2 is 1.81 bits per heavy atom. The molecular formula is C24H25N3O5. The second-order valence-electron chi connectivity index (χ2n) is 7.50. The molecule has 1 aliphatic rings. The number of aromatic nitrogens is 1. The quantitative estimate of drug-likeness (QED) is 0.528. The molecule has 1 saturated heterocycles. The third-order valence-corrected chi connectivity index (χ3v) is 5.32. The van der Waals surface area contributed by atoms with Gasteiger partial charge < -0.3 is 18.8 Å². The van der Waals surface area contributed by atoms with Gasteiger partial charge in [-0.15, -0.1) is 0 Å². The smallest absolute Gasteiger partial charge is 0.337 e. The van der Waals surface area contributed by atoms with E-state index in [1.165, 1.54) is 12.7 Å². The van der Waals surface area contributed by atoms with Gasteiger partial charge in [-0.1, -0.05) is 6.07 Å². The molecule has 1 aliphatic heterocycles. The highest BCUT2D eigenvalue weighted by molar-refractivity contribution is 5.91. The monoisotopic (exact) mass is 435 g/mol. The van der Waals surface area contributed by atoms with E-state index in [9.17, 15) is 9.59 Å². The van der Waals surface area contributed by atoms with Crippen LogP contribution in [0.4, 0.5) is 0 Å². The van der Waals surface area contributed by atoms with E-state index < -0.39 is 5.97 Å². The molecule has 0 N–H and O–H groups in total. The van der Waals surface area contributed by atoms with E-state index in [4.69, 9.17) is 9.15 Å². The van der Waals surface area contributed by atoms with Gasteiger partial charge in [0.25, 0.3) is 5.91 Å². The molecule has 1 fully saturated rings. The molecule has 0 unspecified atom stereocenters. The molecule has 32 heavy (non-hydrogen) atoms. The van der Waals surface area contributed by atoms with Crippen molar-refractivity contribution in [2.75, 3.05) is 33.3 Å². The van der Waals surface area contributed by atoms with Crippen molar-refractivity contribution in [1.29, 1.82) is 0 Å². The highest BCUT2D eigenvalue weighted by atomic mass is 16.5. The summed E-state index contributed by atoms with van der Waals surface area (Å²) in [7, 11) is 1.34. The van der Waals surface area contributed by atoms with E-state index >= 15 is 0 Å². The van der Waals surface area contributed by atoms with Crippen molar-refractivity contribution >= 4 is 11.9 Å². The maximum Gasteiger partial charge on any atom is 0.337 e. The zero-order chi connectivity index (χ0) is 22.3. The summed E-state index contributed by atoms with van der Waals surface area (Å²) in [6.07, 6.45) is 3.64. The van der Waals surface area contributed by atoms with E-state index in [1.807, 2.05) is 17.2 Å². The van der Waals surface area contributed by atoms with Crippen molar-refractivity contribution in [3.05, 3.63) is 83.6 Å². The lowest BCUT2D eigenvalue weighted by Gasteiger charge is -2.34. The molecule has 0 radical (unpaired) electrons. The molecule has 0 spiro atoms. The van der Waals surface area contributed by atoms with Gasteiger partial charge in [0.15, 0.2) is 5.76 Å². The van der Waals surface area contributed by atoms with Gasteiger partial charge in [-0.05, 0) is 48.0 Å². The summed E-state index contributed by atoms with van der Waals surface area (Å²) in [4.78, 5) is 32.6. The lowest BCUT2D eigenvalue weighted by Crippen LogP contribution is -2.48. The van der Waals surface area contributed by atoms with Crippen LogP contribution in [0.3, 0.4) is 0 Å². The third kappa shape index (κ3) is 5.33. The average molecular weight is 435 g/mol. The Balaban J connectivity index is 1.26. The summed E-state index contributed by atoms with van der Waals surface area (Å²) in [6, 6.07) is 14.1. The first kappa shape index (κ1) is 21.6. The molecule has 3 heterocycles. The van der Waals surface area contributed by atoms with E-state index in [0.717, 1.165) is 19.6 Å². The first-order chi connectivity index (χ1) is 15.6. The summed E-state index contributed by atoms with van der Waals surface area (Å²) in [6.45, 7) is 3.93. The molecular weight excluding hydrogens is 410 g/mol. The van der Waals surface area contributed by atoms with Crippen LogP contribution in [0.2, 0.25) is 0 Å². The molecule has 0 aliphatic carbocycles. The summed E-state index contributed by atoms with van der Waals surface area (Å²) < 4.78 is 16.1. The third-order valence-electron chi connectivity index (χ3n) is 5.32. The van der Waals surface area contributed by atoms with Gasteiger partial charge in [0.05, 0.1) is 12.7 Å². The number of nitrogens with zero attached hydrogens (tertiary/aromatic N) is 3. The summed E-state index contributed by atoms with van der Waals surface area (Å²) in [5, 5.41) is 0. The lowest BCUT2D eigenvalue weighted by atomic mass is 10.2. The first-order valence-corrected chi connectivity index (χ1v) is 10.4. The van der Waals surface area contributed by atoms with E-state index in [-0.39, 0.29) is 12.5 Å². The minimum atomic E-state index is -0.399. The van der Waals surface area contributed by atoms with Gasteiger partial charge in [0.2, 0.25) is 0 Å². The summed E-state index contributed by atoms with van der Waals surface area (Å²) in [5.74, 6) is 0.945. The van der Waals surface area contributed by atoms with Gasteiger partial charge in [-0.3, -0.25) is 14.7 Å². The highest BCUT2D eigenvalue weighted by Crippen LogP contribution is 2.18. The number of methoxy groups -OCH3 is 1. The molecule has 1 amide bonds. The molecule has 0 bridgehead atoms. The zero-order valence-electron chi connectivity index (χ0n) is 17.9. The second-order valence-corrected chi connectivity index (χ2v) is 7.50. The van der Waals surface area contributed by atoms with Crippen LogP contribution in [0.1, 0.15) is 32.2 Å². The average Bonchev–Trinajstić information content (AvgIpc) is 3.32. The van der Waals surface area contributed by atoms with Crippen molar-refractivity contribution in [2.24, 2.45) is 0 Å². The minimum absolute atomic E-state index is 0.111. The van der Waals surface area contributed by atoms with Crippen LogP contribution >= 0.6 is 0 Å². The molecule has 0 atom stereocenters. The number of furan rings is 1. The number of carbonyl (C=O) groups is 2. The van der Waals surface area contributed by atoms with Crippen molar-refractivity contribution in [3.8, 4) is 5.75 Å². The van der Waals surface area contributed by atoms with Gasteiger partial charge >= 0.3 is 5.97 Å². The predicted octanol–water partition coefficient (Wildman–Crippen LogP) is 3.00. The number of amides is 1. The van der Waals surface area contributed by atoms with Crippen molar-refractivity contribution in [3.63, 3.8) is 0 Å². The number of esters is 1. The Morgan fingerprint density at radius 3 is 2.50 bits per heavy atom. The fourth-order valence-corrected chi connectivity index (χ4v) is 3.54. The van der Waals surface area contributed by atoms with Gasteiger partial charge in [-0.2, -0.15) is 0 Å². The SMILES string of the molecule is COC(=O)c1ccc(OCc2ccc(C(=O)N3CCN(Cc4cccnc4)CC3)o2)cc1. The van der Waals surface area contributed by atoms with Crippen LogP contribution in [-0.4, -0.2) is 59.9 Å². The molecule has 2 aromatic heterocycles. The molecule has 8 heteroatoms. The molecule has 1 aromatic carbocycles. The Kier molecular flexibility index (Phi) is 6.81. The summed E-state index contributed by atoms with van der Waals surface area (Å²) in [5.41, 5.74) is 1.62. The fourth-order valence-electron chi connectivity index (χ4n) is 3.54. The highest BCUT2D eigenvalue weighted by Gasteiger charge is 2.24. The first-order valence-electron chi connectivity index (χ1n) is 10.4. The summed E-state index contributed by atoms with van der Waals surface area (Å²) >= 11 is 0. The number of piperazine rings is 1. The standard InChI is InChI=1S/C24H25N3O5/c1-30-24(29)19-4-6-20(7-5-19)31-17-21-8-9-22(32-21)23(28)27-13-11-26(12-14-27)16-18-3-2-10-25-15-18/h2-10,15H,11-14,16-17H2,1H3. The van der Waals surface area contributed by atoms with E-state index in [2.05, 4.69) is 20.7 Å². The van der Waals surface area contributed by atoms with E-state index in [0.29, 0.717) is 35.9 Å². The van der Waals surface area contributed by atoms with Crippen LogP contribution < -0.4 is 4.74 Å². The Bertz CT molecular complexity index is 1040. The van der Waals surface area contributed by atoms with Gasteiger partial charge in [0.1, 0.15) is 18.1 Å². The molecule has 166 valence electrons. The van der Waals surface area contributed by atoms with Crippen molar-refractivity contribution in [2.45, 2.75) is 13.2 Å². The normalized spacial score (nSPS) is 14.2. The van der Waals surface area contributed by atoms with Crippen LogP contribution in [0.25, 0.3) is 0 Å². The zero-order valence-corrected chi connectivity index (χ0v) is 17.9. The van der Waals surface area contributed by atoms with Crippen LogP contribution in [0.15, 0.2) is 65.3 Å². The van der Waals surface area contributed by atoms with Crippen molar-refractivity contribution in [1.82, 2.24) is 14.8 Å². The number of hydrogen-bond acceptors (Lipinski definition) is 7. The van der Waals surface area contributed by atoms with Crippen LogP contribution in [0.5, 0.6) is 5.75 Å². The Morgan fingerprint density at radius 1 is 1.03 bits per heavy atom. The molecule has 8 nitrogen and oxygen atoms in total. The number of carbonyl (C=O) groups excluding carboxylic acids is 2.